The lowest BCUT2D eigenvalue weighted by molar-refractivity contribution is -0.135. The number of aryl methyl sites for hydroxylation is 1. The fourth-order valence-corrected chi connectivity index (χ4v) is 0.752. The van der Waals surface area contributed by atoms with Crippen LogP contribution < -0.4 is 0 Å². The average molecular weight is 175 g/mol. The van der Waals surface area contributed by atoms with E-state index < -0.39 is 5.97 Å². The first-order valence-electron chi connectivity index (χ1n) is 3.82. The quantitative estimate of drug-likeness (QED) is 0.653. The van der Waals surface area contributed by atoms with Crippen LogP contribution in [0.1, 0.15) is 17.7 Å². The summed E-state index contributed by atoms with van der Waals surface area (Å²) in [5, 5.41) is 8.31. The molecular weight excluding hydrogens is 166 g/mol. The van der Waals surface area contributed by atoms with Crippen molar-refractivity contribution in [2.24, 2.45) is 0 Å². The Balaban J connectivity index is 2.67. The van der Waals surface area contributed by atoms with E-state index in [2.05, 4.69) is 16.8 Å². The monoisotopic (exact) mass is 175 g/mol. The Hall–Kier alpha value is -1.82. The van der Waals surface area contributed by atoms with Crippen LogP contribution in [0.5, 0.6) is 0 Å². The number of carbonyl (C=O) groups is 1. The fourth-order valence-electron chi connectivity index (χ4n) is 0.752. The van der Waals surface area contributed by atoms with Gasteiger partial charge in [-0.2, -0.15) is 0 Å². The summed E-state index contributed by atoms with van der Waals surface area (Å²) in [6.45, 7) is 1.93. The Morgan fingerprint density at radius 1 is 1.62 bits per heavy atom. The van der Waals surface area contributed by atoms with E-state index in [4.69, 9.17) is 5.11 Å². The highest BCUT2D eigenvalue weighted by atomic mass is 16.4. The van der Waals surface area contributed by atoms with Gasteiger partial charge in [0.1, 0.15) is 12.1 Å². The molecule has 1 aromatic rings. The number of pyridine rings is 1. The summed E-state index contributed by atoms with van der Waals surface area (Å²) >= 11 is 0. The standard InChI is InChI=1S/C10H9NO2/c1-8-5-6-9(11-7-8)3-2-4-10(12)13/h5-7H,4H2,1H3,(H,12,13). The first kappa shape index (κ1) is 9.27. The Kier molecular flexibility index (Phi) is 3.04. The molecule has 0 spiro atoms. The molecule has 0 aliphatic rings. The number of aromatic nitrogens is 1. The lowest BCUT2D eigenvalue weighted by Gasteiger charge is -1.90. The van der Waals surface area contributed by atoms with E-state index in [0.717, 1.165) is 5.56 Å². The molecule has 1 N–H and O–H groups in total. The van der Waals surface area contributed by atoms with Crippen LogP contribution in [-0.2, 0) is 4.79 Å². The van der Waals surface area contributed by atoms with Gasteiger partial charge >= 0.3 is 5.97 Å². The van der Waals surface area contributed by atoms with E-state index in [1.807, 2.05) is 13.0 Å². The predicted octanol–water partition coefficient (Wildman–Crippen LogP) is 1.22. The van der Waals surface area contributed by atoms with Gasteiger partial charge in [-0.05, 0) is 24.5 Å². The Morgan fingerprint density at radius 2 is 2.38 bits per heavy atom. The van der Waals surface area contributed by atoms with Gasteiger partial charge in [0.2, 0.25) is 0 Å². The van der Waals surface area contributed by atoms with E-state index in [1.165, 1.54) is 0 Å². The molecule has 0 aliphatic heterocycles. The molecule has 0 saturated carbocycles. The molecule has 66 valence electrons. The summed E-state index contributed by atoms with van der Waals surface area (Å²) in [5.41, 5.74) is 1.66. The second-order valence-electron chi connectivity index (χ2n) is 2.59. The normalized spacial score (nSPS) is 8.69. The molecule has 3 heteroatoms. The highest BCUT2D eigenvalue weighted by Gasteiger charge is 1.90. The van der Waals surface area contributed by atoms with Crippen LogP contribution in [0.15, 0.2) is 18.3 Å². The molecule has 0 radical (unpaired) electrons. The van der Waals surface area contributed by atoms with E-state index in [1.54, 1.807) is 12.3 Å². The van der Waals surface area contributed by atoms with Gasteiger partial charge < -0.3 is 5.11 Å². The van der Waals surface area contributed by atoms with Crippen molar-refractivity contribution in [3.63, 3.8) is 0 Å². The topological polar surface area (TPSA) is 50.2 Å². The highest BCUT2D eigenvalue weighted by molar-refractivity contribution is 5.70. The number of carboxylic acid groups (broad SMARTS) is 1. The predicted molar refractivity (Wildman–Crippen MR) is 48.1 cm³/mol. The van der Waals surface area contributed by atoms with Gasteiger partial charge in [-0.1, -0.05) is 12.0 Å². The van der Waals surface area contributed by atoms with Crippen molar-refractivity contribution in [1.29, 1.82) is 0 Å². The van der Waals surface area contributed by atoms with Gasteiger partial charge in [-0.15, -0.1) is 0 Å². The number of aliphatic carboxylic acids is 1. The number of nitrogens with zero attached hydrogens (tertiary/aromatic N) is 1. The van der Waals surface area contributed by atoms with Crippen LogP contribution in [0.2, 0.25) is 0 Å². The van der Waals surface area contributed by atoms with Crippen molar-refractivity contribution >= 4 is 5.97 Å². The minimum Gasteiger partial charge on any atom is -0.481 e. The van der Waals surface area contributed by atoms with Crippen molar-refractivity contribution in [1.82, 2.24) is 4.98 Å². The Morgan fingerprint density at radius 3 is 2.92 bits per heavy atom. The molecule has 0 unspecified atom stereocenters. The maximum absolute atomic E-state index is 10.1. The lowest BCUT2D eigenvalue weighted by atomic mass is 10.3. The second kappa shape index (κ2) is 4.27. The smallest absolute Gasteiger partial charge is 0.315 e. The molecule has 0 aliphatic carbocycles. The summed E-state index contributed by atoms with van der Waals surface area (Å²) in [5.74, 6) is 4.25. The third kappa shape index (κ3) is 3.39. The van der Waals surface area contributed by atoms with E-state index in [9.17, 15) is 4.79 Å². The number of hydrogen-bond acceptors (Lipinski definition) is 2. The number of hydrogen-bond donors (Lipinski definition) is 1. The summed E-state index contributed by atoms with van der Waals surface area (Å²) in [6.07, 6.45) is 1.56. The van der Waals surface area contributed by atoms with Crippen LogP contribution in [0.25, 0.3) is 0 Å². The summed E-state index contributed by atoms with van der Waals surface area (Å²) in [7, 11) is 0. The molecule has 0 aromatic carbocycles. The zero-order chi connectivity index (χ0) is 9.68. The van der Waals surface area contributed by atoms with Gasteiger partial charge in [0.15, 0.2) is 0 Å². The first-order valence-corrected chi connectivity index (χ1v) is 3.82. The van der Waals surface area contributed by atoms with Crippen molar-refractivity contribution in [2.45, 2.75) is 13.3 Å². The minimum atomic E-state index is -0.917. The maximum Gasteiger partial charge on any atom is 0.315 e. The van der Waals surface area contributed by atoms with Crippen LogP contribution in [0, 0.1) is 18.8 Å². The largest absolute Gasteiger partial charge is 0.481 e. The van der Waals surface area contributed by atoms with Crippen molar-refractivity contribution in [2.75, 3.05) is 0 Å². The van der Waals surface area contributed by atoms with Crippen molar-refractivity contribution in [3.05, 3.63) is 29.6 Å². The lowest BCUT2D eigenvalue weighted by Crippen LogP contribution is -1.90. The van der Waals surface area contributed by atoms with Crippen molar-refractivity contribution in [3.8, 4) is 11.8 Å². The molecule has 0 atom stereocenters. The van der Waals surface area contributed by atoms with E-state index in [0.29, 0.717) is 5.69 Å². The zero-order valence-electron chi connectivity index (χ0n) is 7.24. The molecule has 0 fully saturated rings. The summed E-state index contributed by atoms with van der Waals surface area (Å²) in [6, 6.07) is 3.65. The van der Waals surface area contributed by atoms with Crippen LogP contribution in [0.4, 0.5) is 0 Å². The van der Waals surface area contributed by atoms with Gasteiger partial charge in [-0.3, -0.25) is 4.79 Å². The fraction of sp³-hybridized carbons (Fsp3) is 0.200. The van der Waals surface area contributed by atoms with Gasteiger partial charge in [-0.25, -0.2) is 4.98 Å². The van der Waals surface area contributed by atoms with Gasteiger partial charge in [0.25, 0.3) is 0 Å². The van der Waals surface area contributed by atoms with Gasteiger partial charge in [0, 0.05) is 6.20 Å². The summed E-state index contributed by atoms with van der Waals surface area (Å²) in [4.78, 5) is 14.1. The Labute approximate surface area is 76.4 Å². The third-order valence-electron chi connectivity index (χ3n) is 1.37. The SMILES string of the molecule is Cc1ccc(C#CCC(=O)O)nc1. The zero-order valence-corrected chi connectivity index (χ0v) is 7.24. The highest BCUT2D eigenvalue weighted by Crippen LogP contribution is 1.96. The van der Waals surface area contributed by atoms with Gasteiger partial charge in [0.05, 0.1) is 0 Å². The second-order valence-corrected chi connectivity index (χ2v) is 2.59. The molecule has 0 amide bonds. The van der Waals surface area contributed by atoms with Crippen LogP contribution >= 0.6 is 0 Å². The number of carboxylic acids is 1. The molecular formula is C10H9NO2. The molecule has 3 nitrogen and oxygen atoms in total. The number of rotatable bonds is 1. The maximum atomic E-state index is 10.1. The summed E-state index contributed by atoms with van der Waals surface area (Å²) < 4.78 is 0. The Bertz CT molecular complexity index is 357. The third-order valence-corrected chi connectivity index (χ3v) is 1.37. The van der Waals surface area contributed by atoms with E-state index in [-0.39, 0.29) is 6.42 Å². The molecule has 1 rings (SSSR count). The molecule has 13 heavy (non-hydrogen) atoms. The molecule has 0 bridgehead atoms. The molecule has 1 aromatic heterocycles. The minimum absolute atomic E-state index is 0.143. The molecule has 1 heterocycles. The first-order chi connectivity index (χ1) is 6.18. The van der Waals surface area contributed by atoms with Crippen LogP contribution in [-0.4, -0.2) is 16.1 Å². The van der Waals surface area contributed by atoms with Crippen molar-refractivity contribution < 1.29 is 9.90 Å². The average Bonchev–Trinajstić information content (AvgIpc) is 2.08. The molecule has 0 saturated heterocycles. The van der Waals surface area contributed by atoms with Crippen LogP contribution in [0.3, 0.4) is 0 Å². The van der Waals surface area contributed by atoms with E-state index >= 15 is 0 Å².